The molecule has 0 saturated carbocycles. The fraction of sp³-hybridized carbons (Fsp3) is 0. The van der Waals surface area contributed by atoms with Crippen molar-refractivity contribution in [1.29, 1.82) is 0 Å². The van der Waals surface area contributed by atoms with Crippen LogP contribution in [-0.2, 0) is 0 Å². The van der Waals surface area contributed by atoms with Crippen LogP contribution >= 0.6 is 0 Å². The number of hydrogen-bond acceptors (Lipinski definition) is 5. The summed E-state index contributed by atoms with van der Waals surface area (Å²) in [5.74, 6) is 1.67. The average Bonchev–Trinajstić information content (AvgIpc) is 3.96. The fourth-order valence-electron chi connectivity index (χ4n) is 8.49. The molecule has 6 heteroatoms. The van der Waals surface area contributed by atoms with Crippen LogP contribution in [0.3, 0.4) is 0 Å². The molecule has 57 heavy (non-hydrogen) atoms. The molecule has 4 heterocycles. The van der Waals surface area contributed by atoms with E-state index in [9.17, 15) is 0 Å². The lowest BCUT2D eigenvalue weighted by molar-refractivity contribution is 0.668. The molecule has 12 rings (SSSR count). The molecule has 0 saturated heterocycles. The van der Waals surface area contributed by atoms with Crippen LogP contribution in [0.1, 0.15) is 0 Å². The minimum Gasteiger partial charge on any atom is -0.456 e. The highest BCUT2D eigenvalue weighted by atomic mass is 16.3. The Balaban J connectivity index is 1.15. The topological polar surface area (TPSA) is 69.9 Å². The van der Waals surface area contributed by atoms with Crippen LogP contribution in [0.2, 0.25) is 0 Å². The quantitative estimate of drug-likeness (QED) is 0.176. The van der Waals surface area contributed by atoms with E-state index in [0.29, 0.717) is 17.5 Å². The van der Waals surface area contributed by atoms with Gasteiger partial charge in [-0.25, -0.2) is 15.0 Å². The van der Waals surface area contributed by atoms with Crippen molar-refractivity contribution in [1.82, 2.24) is 19.5 Å². The molecule has 6 nitrogen and oxygen atoms in total. The molecule has 0 radical (unpaired) electrons. The molecule has 0 spiro atoms. The summed E-state index contributed by atoms with van der Waals surface area (Å²) in [5.41, 5.74) is 11.3. The van der Waals surface area contributed by atoms with Crippen LogP contribution in [0.15, 0.2) is 191 Å². The third-order valence-electron chi connectivity index (χ3n) is 11.1. The molecule has 4 aromatic heterocycles. The maximum Gasteiger partial charge on any atom is 0.166 e. The largest absolute Gasteiger partial charge is 0.456 e. The Kier molecular flexibility index (Phi) is 6.83. The van der Waals surface area contributed by atoms with Gasteiger partial charge in [-0.1, -0.05) is 127 Å². The van der Waals surface area contributed by atoms with Crippen LogP contribution in [0.4, 0.5) is 0 Å². The second kappa shape index (κ2) is 12.3. The third kappa shape index (κ3) is 4.94. The van der Waals surface area contributed by atoms with Gasteiger partial charge in [0.2, 0.25) is 0 Å². The van der Waals surface area contributed by atoms with Gasteiger partial charge in [0.15, 0.2) is 17.5 Å². The standard InChI is InChI=1S/C51H30N4O2/c1-2-13-31(14-3-1)32-15-10-16-34(29-32)55-42-23-7-4-17-35(42)38-20-11-22-41(48(38)55)51-53-49(33-27-28-37-36-18-5-8-24-43(36)57-46(37)30-33)52-50(54-51)40-21-12-26-45-47(40)39-19-6-9-25-44(39)56-45/h1-30H. The van der Waals surface area contributed by atoms with Crippen molar-refractivity contribution in [3.05, 3.63) is 182 Å². The Morgan fingerprint density at radius 2 is 0.947 bits per heavy atom. The highest BCUT2D eigenvalue weighted by molar-refractivity contribution is 6.14. The highest BCUT2D eigenvalue weighted by Crippen LogP contribution is 2.41. The van der Waals surface area contributed by atoms with Crippen molar-refractivity contribution in [3.8, 4) is 51.0 Å². The molecule has 0 amide bonds. The van der Waals surface area contributed by atoms with E-state index >= 15 is 0 Å². The number of hydrogen-bond donors (Lipinski definition) is 0. The minimum absolute atomic E-state index is 0.549. The van der Waals surface area contributed by atoms with E-state index in [1.807, 2.05) is 60.7 Å². The summed E-state index contributed by atoms with van der Waals surface area (Å²) in [5, 5.41) is 6.36. The van der Waals surface area contributed by atoms with Crippen LogP contribution < -0.4 is 0 Å². The van der Waals surface area contributed by atoms with Crippen molar-refractivity contribution in [2.24, 2.45) is 0 Å². The minimum atomic E-state index is 0.549. The zero-order valence-electron chi connectivity index (χ0n) is 30.4. The van der Waals surface area contributed by atoms with Crippen molar-refractivity contribution in [2.75, 3.05) is 0 Å². The van der Waals surface area contributed by atoms with Gasteiger partial charge < -0.3 is 13.4 Å². The van der Waals surface area contributed by atoms with Gasteiger partial charge in [0.1, 0.15) is 22.3 Å². The van der Waals surface area contributed by atoms with E-state index in [4.69, 9.17) is 23.8 Å². The van der Waals surface area contributed by atoms with E-state index in [2.05, 4.69) is 126 Å². The summed E-state index contributed by atoms with van der Waals surface area (Å²) in [6.07, 6.45) is 0. The molecular weight excluding hydrogens is 701 g/mol. The number of para-hydroxylation sites is 4. The summed E-state index contributed by atoms with van der Waals surface area (Å²) in [4.78, 5) is 15.9. The molecule has 8 aromatic carbocycles. The Hall–Kier alpha value is -7.83. The SMILES string of the molecule is c1ccc(-c2cccc(-n3c4ccccc4c4cccc(-c5nc(-c6ccc7c(c6)oc6ccccc67)nc(-c6cccc7oc8ccccc8c67)n5)c43)c2)cc1. The van der Waals surface area contributed by atoms with Gasteiger partial charge in [0.25, 0.3) is 0 Å². The van der Waals surface area contributed by atoms with Crippen molar-refractivity contribution in [3.63, 3.8) is 0 Å². The molecule has 0 aliphatic rings. The summed E-state index contributed by atoms with van der Waals surface area (Å²) >= 11 is 0. The number of nitrogens with zero attached hydrogens (tertiary/aromatic N) is 4. The van der Waals surface area contributed by atoms with E-state index in [1.165, 1.54) is 0 Å². The maximum atomic E-state index is 6.35. The molecule has 12 aromatic rings. The Morgan fingerprint density at radius 3 is 1.82 bits per heavy atom. The molecule has 0 fully saturated rings. The van der Waals surface area contributed by atoms with E-state index < -0.39 is 0 Å². The van der Waals surface area contributed by atoms with Gasteiger partial charge in [-0.05, 0) is 65.7 Å². The maximum absolute atomic E-state index is 6.35. The normalized spacial score (nSPS) is 11.9. The number of fused-ring (bicyclic) bond motifs is 9. The monoisotopic (exact) mass is 730 g/mol. The van der Waals surface area contributed by atoms with Gasteiger partial charge in [0, 0.05) is 54.7 Å². The zero-order valence-corrected chi connectivity index (χ0v) is 30.4. The first kappa shape index (κ1) is 31.5. The Labute approximate surface area is 325 Å². The van der Waals surface area contributed by atoms with Gasteiger partial charge in [0.05, 0.1) is 11.0 Å². The molecule has 0 N–H and O–H groups in total. The Morgan fingerprint density at radius 1 is 0.351 bits per heavy atom. The lowest BCUT2D eigenvalue weighted by Gasteiger charge is -2.14. The lowest BCUT2D eigenvalue weighted by Crippen LogP contribution is -2.02. The number of aromatic nitrogens is 4. The average molecular weight is 731 g/mol. The first-order chi connectivity index (χ1) is 28.2. The fourth-order valence-corrected chi connectivity index (χ4v) is 8.49. The van der Waals surface area contributed by atoms with E-state index in [1.54, 1.807) is 0 Å². The molecule has 0 aliphatic carbocycles. The van der Waals surface area contributed by atoms with Crippen LogP contribution in [0.5, 0.6) is 0 Å². The van der Waals surface area contributed by atoms with Gasteiger partial charge in [-0.15, -0.1) is 0 Å². The summed E-state index contributed by atoms with van der Waals surface area (Å²) < 4.78 is 15.0. The smallest absolute Gasteiger partial charge is 0.166 e. The number of furan rings is 2. The van der Waals surface area contributed by atoms with Crippen LogP contribution in [0.25, 0.3) is 117 Å². The zero-order chi connectivity index (χ0) is 37.5. The second-order valence-corrected chi connectivity index (χ2v) is 14.4. The predicted molar refractivity (Wildman–Crippen MR) is 230 cm³/mol. The number of benzene rings is 8. The molecule has 0 atom stereocenters. The first-order valence-corrected chi connectivity index (χ1v) is 19.0. The molecule has 0 unspecified atom stereocenters. The lowest BCUT2D eigenvalue weighted by atomic mass is 10.0. The highest BCUT2D eigenvalue weighted by Gasteiger charge is 2.22. The number of rotatable bonds is 5. The van der Waals surface area contributed by atoms with Gasteiger partial charge in [-0.2, -0.15) is 0 Å². The second-order valence-electron chi connectivity index (χ2n) is 14.4. The van der Waals surface area contributed by atoms with Crippen molar-refractivity contribution < 1.29 is 8.83 Å². The molecule has 266 valence electrons. The molecule has 0 bridgehead atoms. The first-order valence-electron chi connectivity index (χ1n) is 19.0. The van der Waals surface area contributed by atoms with Gasteiger partial charge in [-0.3, -0.25) is 0 Å². The van der Waals surface area contributed by atoms with Gasteiger partial charge >= 0.3 is 0 Å². The van der Waals surface area contributed by atoms with E-state index in [-0.39, 0.29) is 0 Å². The third-order valence-corrected chi connectivity index (χ3v) is 11.1. The van der Waals surface area contributed by atoms with Crippen LogP contribution in [-0.4, -0.2) is 19.5 Å². The van der Waals surface area contributed by atoms with Crippen molar-refractivity contribution in [2.45, 2.75) is 0 Å². The Bertz CT molecular complexity index is 3540. The van der Waals surface area contributed by atoms with Crippen molar-refractivity contribution >= 4 is 65.7 Å². The van der Waals surface area contributed by atoms with E-state index in [0.717, 1.165) is 99.2 Å². The molecular formula is C51H30N4O2. The summed E-state index contributed by atoms with van der Waals surface area (Å²) in [6.45, 7) is 0. The predicted octanol–water partition coefficient (Wildman–Crippen LogP) is 13.4. The van der Waals surface area contributed by atoms with Crippen LogP contribution in [0, 0.1) is 0 Å². The summed E-state index contributed by atoms with van der Waals surface area (Å²) in [6, 6.07) is 62.7. The molecule has 0 aliphatic heterocycles. The summed E-state index contributed by atoms with van der Waals surface area (Å²) in [7, 11) is 0.